The van der Waals surface area contributed by atoms with Crippen molar-refractivity contribution in [2.75, 3.05) is 19.6 Å². The number of nitrogens with zero attached hydrogens (tertiary/aromatic N) is 2. The first-order chi connectivity index (χ1) is 14.3. The van der Waals surface area contributed by atoms with Gasteiger partial charge in [-0.05, 0) is 43.7 Å². The van der Waals surface area contributed by atoms with Crippen molar-refractivity contribution >= 4 is 23.7 Å². The summed E-state index contributed by atoms with van der Waals surface area (Å²) in [4.78, 5) is 17.4. The average Bonchev–Trinajstić information content (AvgIpc) is 2.68. The highest BCUT2D eigenvalue weighted by atomic mass is 32.2. The first kappa shape index (κ1) is 20.9. The standard InChI is InChI=1S/C23H24F2N2O2S/c1-23(2)20(13-17-12-18(30-22(24)25)8-9-19(17)29-23)27-11-10-26(15-21(27)28)14-16-6-4-3-5-7-16/h3-9,12-13,22H,10-11,14-15H2,1-2H3. The lowest BCUT2D eigenvalue weighted by Gasteiger charge is -2.43. The van der Waals surface area contributed by atoms with Crippen LogP contribution in [0.3, 0.4) is 0 Å². The molecular formula is C23H24F2N2O2S. The zero-order valence-electron chi connectivity index (χ0n) is 17.0. The van der Waals surface area contributed by atoms with Crippen molar-refractivity contribution in [3.8, 4) is 5.75 Å². The summed E-state index contributed by atoms with van der Waals surface area (Å²) in [6, 6.07) is 15.1. The lowest BCUT2D eigenvalue weighted by Crippen LogP contribution is -2.53. The van der Waals surface area contributed by atoms with E-state index in [0.29, 0.717) is 35.5 Å². The first-order valence-electron chi connectivity index (χ1n) is 9.88. The van der Waals surface area contributed by atoms with Gasteiger partial charge in [-0.3, -0.25) is 9.69 Å². The fourth-order valence-corrected chi connectivity index (χ4v) is 4.46. The summed E-state index contributed by atoms with van der Waals surface area (Å²) in [6.07, 6.45) is 1.90. The fraction of sp³-hybridized carbons (Fsp3) is 0.348. The molecule has 0 aromatic heterocycles. The Labute approximate surface area is 179 Å². The van der Waals surface area contributed by atoms with Crippen LogP contribution >= 0.6 is 11.8 Å². The molecule has 2 aliphatic rings. The highest BCUT2D eigenvalue weighted by molar-refractivity contribution is 7.99. The molecule has 2 aliphatic heterocycles. The van der Waals surface area contributed by atoms with Crippen LogP contribution < -0.4 is 4.74 Å². The van der Waals surface area contributed by atoms with Gasteiger partial charge in [0.25, 0.3) is 5.76 Å². The Balaban J connectivity index is 1.54. The molecule has 0 saturated carbocycles. The highest BCUT2D eigenvalue weighted by Gasteiger charge is 2.38. The number of carbonyl (C=O) groups excluding carboxylic acids is 1. The molecule has 158 valence electrons. The van der Waals surface area contributed by atoms with Crippen LogP contribution in [0.1, 0.15) is 25.0 Å². The first-order valence-corrected chi connectivity index (χ1v) is 10.8. The monoisotopic (exact) mass is 430 g/mol. The average molecular weight is 431 g/mol. The number of rotatable bonds is 5. The van der Waals surface area contributed by atoms with Crippen molar-refractivity contribution in [2.24, 2.45) is 0 Å². The maximum atomic E-state index is 13.0. The summed E-state index contributed by atoms with van der Waals surface area (Å²) in [7, 11) is 0. The molecular weight excluding hydrogens is 406 g/mol. The molecule has 2 aromatic rings. The van der Waals surface area contributed by atoms with Crippen LogP contribution in [-0.4, -0.2) is 46.7 Å². The lowest BCUT2D eigenvalue weighted by atomic mass is 9.96. The summed E-state index contributed by atoms with van der Waals surface area (Å²) in [5.74, 6) is -1.83. The van der Waals surface area contributed by atoms with Gasteiger partial charge in [-0.1, -0.05) is 42.1 Å². The van der Waals surface area contributed by atoms with E-state index in [1.54, 1.807) is 23.1 Å². The minimum atomic E-state index is -2.48. The summed E-state index contributed by atoms with van der Waals surface area (Å²) >= 11 is 0.504. The Morgan fingerprint density at radius 3 is 2.60 bits per heavy atom. The lowest BCUT2D eigenvalue weighted by molar-refractivity contribution is -0.135. The fourth-order valence-electron chi connectivity index (χ4n) is 3.91. The predicted octanol–water partition coefficient (Wildman–Crippen LogP) is 4.86. The van der Waals surface area contributed by atoms with Gasteiger partial charge in [0, 0.05) is 30.1 Å². The Bertz CT molecular complexity index is 963. The smallest absolute Gasteiger partial charge is 0.288 e. The zero-order valence-corrected chi connectivity index (χ0v) is 17.8. The van der Waals surface area contributed by atoms with Crippen LogP contribution in [0.4, 0.5) is 8.78 Å². The second-order valence-corrected chi connectivity index (χ2v) is 9.03. The van der Waals surface area contributed by atoms with E-state index >= 15 is 0 Å². The molecule has 7 heteroatoms. The van der Waals surface area contributed by atoms with Crippen LogP contribution in [0, 0.1) is 0 Å². The van der Waals surface area contributed by atoms with Gasteiger partial charge in [-0.15, -0.1) is 0 Å². The van der Waals surface area contributed by atoms with Crippen molar-refractivity contribution in [3.63, 3.8) is 0 Å². The molecule has 2 aromatic carbocycles. The van der Waals surface area contributed by atoms with Crippen molar-refractivity contribution in [1.82, 2.24) is 9.80 Å². The van der Waals surface area contributed by atoms with E-state index in [0.717, 1.165) is 24.4 Å². The number of hydrogen-bond donors (Lipinski definition) is 0. The minimum absolute atomic E-state index is 0.0154. The molecule has 0 radical (unpaired) electrons. The van der Waals surface area contributed by atoms with Gasteiger partial charge in [0.15, 0.2) is 0 Å². The summed E-state index contributed by atoms with van der Waals surface area (Å²) < 4.78 is 31.6. The zero-order chi connectivity index (χ0) is 21.3. The van der Waals surface area contributed by atoms with Crippen molar-refractivity contribution in [2.45, 2.75) is 36.6 Å². The molecule has 4 nitrogen and oxygen atoms in total. The number of piperazine rings is 1. The van der Waals surface area contributed by atoms with E-state index in [2.05, 4.69) is 17.0 Å². The summed E-state index contributed by atoms with van der Waals surface area (Å²) in [6.45, 7) is 6.22. The van der Waals surface area contributed by atoms with Crippen molar-refractivity contribution < 1.29 is 18.3 Å². The largest absolute Gasteiger partial charge is 0.481 e. The van der Waals surface area contributed by atoms with Crippen molar-refractivity contribution in [1.29, 1.82) is 0 Å². The summed E-state index contributed by atoms with van der Waals surface area (Å²) in [5.41, 5.74) is 1.96. The topological polar surface area (TPSA) is 32.8 Å². The third kappa shape index (κ3) is 4.52. The van der Waals surface area contributed by atoms with Gasteiger partial charge in [0.2, 0.25) is 5.91 Å². The van der Waals surface area contributed by atoms with Gasteiger partial charge < -0.3 is 9.64 Å². The van der Waals surface area contributed by atoms with Crippen LogP contribution in [0.25, 0.3) is 6.08 Å². The van der Waals surface area contributed by atoms with E-state index in [-0.39, 0.29) is 5.91 Å². The molecule has 0 N–H and O–H groups in total. The third-order valence-electron chi connectivity index (χ3n) is 5.32. The van der Waals surface area contributed by atoms with Crippen LogP contribution in [0.15, 0.2) is 59.1 Å². The second kappa shape index (κ2) is 8.40. The van der Waals surface area contributed by atoms with Crippen LogP contribution in [-0.2, 0) is 11.3 Å². The molecule has 0 unspecified atom stereocenters. The maximum Gasteiger partial charge on any atom is 0.288 e. The Morgan fingerprint density at radius 2 is 1.90 bits per heavy atom. The number of hydrogen-bond acceptors (Lipinski definition) is 4. The minimum Gasteiger partial charge on any atom is -0.481 e. The van der Waals surface area contributed by atoms with E-state index in [1.165, 1.54) is 5.56 Å². The van der Waals surface area contributed by atoms with Gasteiger partial charge in [-0.2, -0.15) is 8.78 Å². The molecule has 0 aliphatic carbocycles. The van der Waals surface area contributed by atoms with E-state index < -0.39 is 11.4 Å². The Hall–Kier alpha value is -2.38. The molecule has 1 saturated heterocycles. The number of halogens is 2. The highest BCUT2D eigenvalue weighted by Crippen LogP contribution is 2.40. The number of alkyl halides is 2. The maximum absolute atomic E-state index is 13.0. The Morgan fingerprint density at radius 1 is 1.13 bits per heavy atom. The SMILES string of the molecule is CC1(C)Oc2ccc(SC(F)F)cc2C=C1N1CCN(Cc2ccccc2)CC1=O. The molecule has 0 bridgehead atoms. The molecule has 1 fully saturated rings. The second-order valence-electron chi connectivity index (χ2n) is 7.96. The number of fused-ring (bicyclic) bond motifs is 1. The van der Waals surface area contributed by atoms with Gasteiger partial charge in [0.1, 0.15) is 11.4 Å². The molecule has 30 heavy (non-hydrogen) atoms. The van der Waals surface area contributed by atoms with Gasteiger partial charge >= 0.3 is 0 Å². The van der Waals surface area contributed by atoms with E-state index in [1.807, 2.05) is 38.1 Å². The van der Waals surface area contributed by atoms with Crippen LogP contribution in [0.5, 0.6) is 5.75 Å². The number of ether oxygens (including phenoxy) is 1. The number of carbonyl (C=O) groups is 1. The molecule has 4 rings (SSSR count). The molecule has 1 amide bonds. The molecule has 0 spiro atoms. The predicted molar refractivity (Wildman–Crippen MR) is 114 cm³/mol. The number of thioether (sulfide) groups is 1. The number of benzene rings is 2. The van der Waals surface area contributed by atoms with E-state index in [9.17, 15) is 13.6 Å². The van der Waals surface area contributed by atoms with Crippen molar-refractivity contribution in [3.05, 3.63) is 65.4 Å². The van der Waals surface area contributed by atoms with Gasteiger partial charge in [-0.25, -0.2) is 0 Å². The summed E-state index contributed by atoms with van der Waals surface area (Å²) in [5, 5.41) is 0. The Kier molecular flexibility index (Phi) is 5.84. The third-order valence-corrected chi connectivity index (χ3v) is 6.02. The molecule has 2 heterocycles. The van der Waals surface area contributed by atoms with Crippen LogP contribution in [0.2, 0.25) is 0 Å². The number of amides is 1. The quantitative estimate of drug-likeness (QED) is 0.635. The molecule has 0 atom stereocenters. The van der Waals surface area contributed by atoms with E-state index in [4.69, 9.17) is 4.74 Å². The normalized spacial score (nSPS) is 18.8. The van der Waals surface area contributed by atoms with Gasteiger partial charge in [0.05, 0.1) is 12.2 Å².